The lowest BCUT2D eigenvalue weighted by atomic mass is 10.1. The largest absolute Gasteiger partial charge is 0.493 e. The van der Waals surface area contributed by atoms with E-state index >= 15 is 0 Å². The molecule has 2 N–H and O–H groups in total. The molecule has 3 aromatic rings. The summed E-state index contributed by atoms with van der Waals surface area (Å²) in [5.41, 5.74) is 0.756. The van der Waals surface area contributed by atoms with E-state index in [1.165, 1.54) is 38.0 Å². The molecular weight excluding hydrogens is 426 g/mol. The first-order valence-electron chi connectivity index (χ1n) is 10.3. The molecule has 3 rings (SSSR count). The molecule has 2 heterocycles. The van der Waals surface area contributed by atoms with Crippen molar-refractivity contribution in [2.45, 2.75) is 0 Å². The van der Waals surface area contributed by atoms with Gasteiger partial charge >= 0.3 is 0 Å². The standard InChI is InChI=1S/C23H29N5O5/c1-27(2)8-7-24-20-12-17-15(13-25-20)9-16(23(30)28(17)3)26-22(29)14-10-18(31-4)21(33-6)19(11-14)32-5/h9-13H,7-8H2,1-6H3,(H,24,25)(H,26,29). The summed E-state index contributed by atoms with van der Waals surface area (Å²) in [6.07, 6.45) is 1.67. The van der Waals surface area contributed by atoms with Crippen LogP contribution in [0, 0.1) is 0 Å². The molecule has 0 atom stereocenters. The van der Waals surface area contributed by atoms with Gasteiger partial charge in [0.15, 0.2) is 11.5 Å². The fourth-order valence-electron chi connectivity index (χ4n) is 3.36. The summed E-state index contributed by atoms with van der Waals surface area (Å²) in [4.78, 5) is 32.4. The zero-order chi connectivity index (χ0) is 24.1. The Bertz CT molecular complexity index is 1200. The number of amides is 1. The van der Waals surface area contributed by atoms with Crippen LogP contribution in [0.4, 0.5) is 11.5 Å². The molecular formula is C23H29N5O5. The molecule has 0 spiro atoms. The van der Waals surface area contributed by atoms with E-state index in [0.717, 1.165) is 18.5 Å². The van der Waals surface area contributed by atoms with Gasteiger partial charge in [0.05, 0.1) is 26.8 Å². The van der Waals surface area contributed by atoms with Crippen LogP contribution in [0.5, 0.6) is 17.2 Å². The van der Waals surface area contributed by atoms with E-state index in [2.05, 4.69) is 20.5 Å². The molecule has 0 fully saturated rings. The van der Waals surface area contributed by atoms with Crippen LogP contribution in [0.3, 0.4) is 0 Å². The number of rotatable bonds is 9. The Morgan fingerprint density at radius 1 is 1.06 bits per heavy atom. The van der Waals surface area contributed by atoms with Gasteiger partial charge in [-0.1, -0.05) is 0 Å². The van der Waals surface area contributed by atoms with Crippen LogP contribution in [0.15, 0.2) is 35.3 Å². The third-order valence-electron chi connectivity index (χ3n) is 5.15. The van der Waals surface area contributed by atoms with Gasteiger partial charge in [0.2, 0.25) is 5.75 Å². The van der Waals surface area contributed by atoms with Crippen molar-refractivity contribution in [3.05, 3.63) is 46.4 Å². The average molecular weight is 456 g/mol. The first-order valence-corrected chi connectivity index (χ1v) is 10.3. The molecule has 0 aliphatic heterocycles. The molecule has 0 aliphatic carbocycles. The first kappa shape index (κ1) is 23.9. The Kier molecular flexibility index (Phi) is 7.39. The van der Waals surface area contributed by atoms with Gasteiger partial charge in [-0.15, -0.1) is 0 Å². The van der Waals surface area contributed by atoms with Gasteiger partial charge in [-0.2, -0.15) is 0 Å². The molecule has 0 radical (unpaired) electrons. The SMILES string of the molecule is COc1cc(C(=O)Nc2cc3cnc(NCCN(C)C)cc3n(C)c2=O)cc(OC)c1OC. The minimum atomic E-state index is -0.486. The smallest absolute Gasteiger partial charge is 0.274 e. The number of aromatic nitrogens is 2. The Labute approximate surface area is 192 Å². The lowest BCUT2D eigenvalue weighted by Crippen LogP contribution is -2.25. The summed E-state index contributed by atoms with van der Waals surface area (Å²) in [5, 5.41) is 6.65. The molecule has 176 valence electrons. The maximum atomic E-state index is 12.9. The maximum absolute atomic E-state index is 12.9. The number of carbonyl (C=O) groups excluding carboxylic acids is 1. The molecule has 0 unspecified atom stereocenters. The highest BCUT2D eigenvalue weighted by molar-refractivity contribution is 6.05. The van der Waals surface area contributed by atoms with Gasteiger partial charge in [-0.05, 0) is 32.3 Å². The second-order valence-corrected chi connectivity index (χ2v) is 7.65. The summed E-state index contributed by atoms with van der Waals surface area (Å²) in [6.45, 7) is 1.58. The number of likely N-dealkylation sites (N-methyl/N-ethyl adjacent to an activating group) is 1. The van der Waals surface area contributed by atoms with E-state index in [9.17, 15) is 9.59 Å². The second kappa shape index (κ2) is 10.2. The first-order chi connectivity index (χ1) is 15.8. The molecule has 1 aromatic carbocycles. The number of fused-ring (bicyclic) bond motifs is 1. The van der Waals surface area contributed by atoms with Crippen molar-refractivity contribution in [1.82, 2.24) is 14.5 Å². The van der Waals surface area contributed by atoms with Crippen LogP contribution >= 0.6 is 0 Å². The Balaban J connectivity index is 1.91. The van der Waals surface area contributed by atoms with E-state index in [1.54, 1.807) is 19.3 Å². The fraction of sp³-hybridized carbons (Fsp3) is 0.348. The van der Waals surface area contributed by atoms with Crippen molar-refractivity contribution in [3.63, 3.8) is 0 Å². The van der Waals surface area contributed by atoms with Gasteiger partial charge in [0, 0.05) is 43.4 Å². The van der Waals surface area contributed by atoms with E-state index in [-0.39, 0.29) is 16.8 Å². The molecule has 2 aromatic heterocycles. The quantitative estimate of drug-likeness (QED) is 0.506. The zero-order valence-corrected chi connectivity index (χ0v) is 19.7. The van der Waals surface area contributed by atoms with Crippen molar-refractivity contribution < 1.29 is 19.0 Å². The molecule has 10 nitrogen and oxygen atoms in total. The van der Waals surface area contributed by atoms with Gasteiger partial charge in [-0.25, -0.2) is 4.98 Å². The summed E-state index contributed by atoms with van der Waals surface area (Å²) in [7, 11) is 10.1. The zero-order valence-electron chi connectivity index (χ0n) is 19.7. The number of benzene rings is 1. The number of nitrogens with zero attached hydrogens (tertiary/aromatic N) is 3. The number of methoxy groups -OCH3 is 3. The Hall–Kier alpha value is -3.79. The predicted molar refractivity (Wildman–Crippen MR) is 128 cm³/mol. The van der Waals surface area contributed by atoms with Gasteiger partial charge in [0.25, 0.3) is 11.5 Å². The number of hydrogen-bond acceptors (Lipinski definition) is 8. The summed E-state index contributed by atoms with van der Waals surface area (Å²) in [6, 6.07) is 6.48. The molecule has 33 heavy (non-hydrogen) atoms. The summed E-state index contributed by atoms with van der Waals surface area (Å²) < 4.78 is 17.4. The highest BCUT2D eigenvalue weighted by atomic mass is 16.5. The molecule has 0 bridgehead atoms. The molecule has 0 saturated carbocycles. The van der Waals surface area contributed by atoms with Crippen molar-refractivity contribution in [2.75, 3.05) is 59.1 Å². The third kappa shape index (κ3) is 5.17. The predicted octanol–water partition coefficient (Wildman–Crippen LogP) is 2.19. The normalized spacial score (nSPS) is 10.9. The molecule has 0 aliphatic rings. The van der Waals surface area contributed by atoms with E-state index in [1.807, 2.05) is 20.2 Å². The van der Waals surface area contributed by atoms with Crippen LogP contribution in [-0.4, -0.2) is 68.9 Å². The number of nitrogens with one attached hydrogen (secondary N) is 2. The topological polar surface area (TPSA) is 107 Å². The van der Waals surface area contributed by atoms with Crippen molar-refractivity contribution in [1.29, 1.82) is 0 Å². The van der Waals surface area contributed by atoms with Crippen LogP contribution in [0.1, 0.15) is 10.4 Å². The highest BCUT2D eigenvalue weighted by Gasteiger charge is 2.18. The lowest BCUT2D eigenvalue weighted by Gasteiger charge is -2.15. The number of pyridine rings is 2. The number of aryl methyl sites for hydroxylation is 1. The van der Waals surface area contributed by atoms with Crippen LogP contribution in [0.25, 0.3) is 10.9 Å². The lowest BCUT2D eigenvalue weighted by molar-refractivity contribution is 0.102. The maximum Gasteiger partial charge on any atom is 0.274 e. The van der Waals surface area contributed by atoms with Gasteiger partial charge in [0.1, 0.15) is 11.5 Å². The Morgan fingerprint density at radius 3 is 2.30 bits per heavy atom. The minimum absolute atomic E-state index is 0.138. The van der Waals surface area contributed by atoms with Crippen molar-refractivity contribution in [3.8, 4) is 17.2 Å². The summed E-state index contributed by atoms with van der Waals surface area (Å²) in [5.74, 6) is 1.24. The third-order valence-corrected chi connectivity index (χ3v) is 5.15. The van der Waals surface area contributed by atoms with Crippen LogP contribution < -0.4 is 30.4 Å². The van der Waals surface area contributed by atoms with E-state index in [0.29, 0.717) is 28.6 Å². The second-order valence-electron chi connectivity index (χ2n) is 7.65. The van der Waals surface area contributed by atoms with Crippen LogP contribution in [0.2, 0.25) is 0 Å². The number of carbonyl (C=O) groups is 1. The minimum Gasteiger partial charge on any atom is -0.493 e. The highest BCUT2D eigenvalue weighted by Crippen LogP contribution is 2.38. The number of anilines is 2. The van der Waals surface area contributed by atoms with E-state index in [4.69, 9.17) is 14.2 Å². The number of hydrogen-bond donors (Lipinski definition) is 2. The number of ether oxygens (including phenoxy) is 3. The fourth-order valence-corrected chi connectivity index (χ4v) is 3.36. The molecule has 0 saturated heterocycles. The van der Waals surface area contributed by atoms with Gasteiger partial charge < -0.3 is 34.3 Å². The van der Waals surface area contributed by atoms with Crippen molar-refractivity contribution in [2.24, 2.45) is 7.05 Å². The van der Waals surface area contributed by atoms with Crippen molar-refractivity contribution >= 4 is 28.3 Å². The Morgan fingerprint density at radius 2 is 1.73 bits per heavy atom. The molecule has 10 heteroatoms. The summed E-state index contributed by atoms with van der Waals surface area (Å²) >= 11 is 0. The molecule has 1 amide bonds. The van der Waals surface area contributed by atoms with Gasteiger partial charge in [-0.3, -0.25) is 9.59 Å². The van der Waals surface area contributed by atoms with E-state index < -0.39 is 5.91 Å². The average Bonchev–Trinajstić information content (AvgIpc) is 2.81. The monoisotopic (exact) mass is 455 g/mol. The van der Waals surface area contributed by atoms with Crippen LogP contribution in [-0.2, 0) is 7.05 Å².